The maximum Gasteiger partial charge on any atom is 0.243 e. The molecule has 1 aliphatic rings. The van der Waals surface area contributed by atoms with Crippen LogP contribution in [0.2, 0.25) is 5.02 Å². The molecule has 0 aliphatic carbocycles. The van der Waals surface area contributed by atoms with E-state index < -0.39 is 0 Å². The number of amides is 1. The van der Waals surface area contributed by atoms with Crippen LogP contribution < -0.4 is 10.2 Å². The summed E-state index contributed by atoms with van der Waals surface area (Å²) in [6.07, 6.45) is 2.14. The zero-order valence-electron chi connectivity index (χ0n) is 12.6. The summed E-state index contributed by atoms with van der Waals surface area (Å²) in [5.74, 6) is -0.0448. The topological polar surface area (TPSA) is 32.3 Å². The molecule has 0 spiro atoms. The van der Waals surface area contributed by atoms with Gasteiger partial charge < -0.3 is 10.2 Å². The second-order valence-electron chi connectivity index (χ2n) is 5.67. The van der Waals surface area contributed by atoms with Gasteiger partial charge in [0.1, 0.15) is 0 Å². The first-order valence-corrected chi connectivity index (χ1v) is 7.92. The maximum atomic E-state index is 12.4. The van der Waals surface area contributed by atoms with Gasteiger partial charge in [-0.05, 0) is 43.5 Å². The highest BCUT2D eigenvalue weighted by Crippen LogP contribution is 2.30. The Labute approximate surface area is 135 Å². The second kappa shape index (κ2) is 6.41. The number of nitrogens with zero attached hydrogens (tertiary/aromatic N) is 1. The number of para-hydroxylation sites is 2. The predicted molar refractivity (Wildman–Crippen MR) is 91.7 cm³/mol. The van der Waals surface area contributed by atoms with Gasteiger partial charge in [0.2, 0.25) is 5.91 Å². The Morgan fingerprint density at radius 2 is 1.95 bits per heavy atom. The van der Waals surface area contributed by atoms with Crippen molar-refractivity contribution in [1.82, 2.24) is 0 Å². The van der Waals surface area contributed by atoms with E-state index in [2.05, 4.69) is 35.3 Å². The third kappa shape index (κ3) is 3.09. The number of fused-ring (bicyclic) bond motifs is 1. The molecule has 1 aliphatic heterocycles. The van der Waals surface area contributed by atoms with Crippen LogP contribution in [-0.4, -0.2) is 18.5 Å². The number of anilines is 2. The van der Waals surface area contributed by atoms with Crippen LogP contribution in [0.4, 0.5) is 11.4 Å². The van der Waals surface area contributed by atoms with Crippen molar-refractivity contribution in [3.05, 3.63) is 59.1 Å². The molecule has 4 heteroatoms. The molecule has 2 aromatic rings. The van der Waals surface area contributed by atoms with E-state index in [9.17, 15) is 4.79 Å². The number of halogens is 1. The van der Waals surface area contributed by atoms with E-state index >= 15 is 0 Å². The fourth-order valence-electron chi connectivity index (χ4n) is 2.91. The molecule has 3 rings (SSSR count). The number of benzene rings is 2. The van der Waals surface area contributed by atoms with E-state index in [-0.39, 0.29) is 5.91 Å². The monoisotopic (exact) mass is 314 g/mol. The van der Waals surface area contributed by atoms with Gasteiger partial charge in [-0.1, -0.05) is 41.9 Å². The lowest BCUT2D eigenvalue weighted by atomic mass is 9.96. The van der Waals surface area contributed by atoms with Gasteiger partial charge in [-0.15, -0.1) is 0 Å². The highest BCUT2D eigenvalue weighted by molar-refractivity contribution is 6.33. The van der Waals surface area contributed by atoms with Gasteiger partial charge in [0.05, 0.1) is 17.3 Å². The smallest absolute Gasteiger partial charge is 0.243 e. The third-order valence-corrected chi connectivity index (χ3v) is 4.46. The van der Waals surface area contributed by atoms with Crippen LogP contribution in [0.15, 0.2) is 48.5 Å². The molecule has 1 heterocycles. The summed E-state index contributed by atoms with van der Waals surface area (Å²) in [6, 6.07) is 16.0. The van der Waals surface area contributed by atoms with Crippen molar-refractivity contribution >= 4 is 28.9 Å². The van der Waals surface area contributed by atoms with Crippen molar-refractivity contribution in [1.29, 1.82) is 0 Å². The normalized spacial score (nSPS) is 17.0. The van der Waals surface area contributed by atoms with Crippen LogP contribution in [0.25, 0.3) is 0 Å². The number of rotatable bonds is 3. The summed E-state index contributed by atoms with van der Waals surface area (Å²) in [7, 11) is 0. The van der Waals surface area contributed by atoms with Crippen molar-refractivity contribution < 1.29 is 4.79 Å². The summed E-state index contributed by atoms with van der Waals surface area (Å²) in [4.78, 5) is 14.5. The Kier molecular flexibility index (Phi) is 4.34. The van der Waals surface area contributed by atoms with Gasteiger partial charge >= 0.3 is 0 Å². The maximum absolute atomic E-state index is 12.4. The Balaban J connectivity index is 1.75. The zero-order chi connectivity index (χ0) is 15.5. The largest absolute Gasteiger partial charge is 0.359 e. The van der Waals surface area contributed by atoms with Crippen molar-refractivity contribution in [2.24, 2.45) is 0 Å². The molecule has 114 valence electrons. The molecule has 0 saturated carbocycles. The number of nitrogens with one attached hydrogen (secondary N) is 1. The van der Waals surface area contributed by atoms with Gasteiger partial charge in [-0.3, -0.25) is 4.79 Å². The first-order valence-electron chi connectivity index (χ1n) is 7.54. The van der Waals surface area contributed by atoms with E-state index in [1.165, 1.54) is 5.56 Å². The van der Waals surface area contributed by atoms with Crippen LogP contribution in [0, 0.1) is 0 Å². The minimum atomic E-state index is -0.0448. The molecule has 0 aromatic heterocycles. The van der Waals surface area contributed by atoms with E-state index in [1.54, 1.807) is 6.07 Å². The minimum Gasteiger partial charge on any atom is -0.359 e. The van der Waals surface area contributed by atoms with E-state index in [1.807, 2.05) is 24.3 Å². The third-order valence-electron chi connectivity index (χ3n) is 4.13. The Hall–Kier alpha value is -2.00. The first-order chi connectivity index (χ1) is 10.6. The number of carbonyl (C=O) groups excluding carboxylic acids is 1. The average Bonchev–Trinajstić information content (AvgIpc) is 2.52. The summed E-state index contributed by atoms with van der Waals surface area (Å²) in [5.41, 5.74) is 3.13. The minimum absolute atomic E-state index is 0.0448. The molecule has 22 heavy (non-hydrogen) atoms. The molecular weight excluding hydrogens is 296 g/mol. The highest BCUT2D eigenvalue weighted by Gasteiger charge is 2.24. The molecule has 0 saturated heterocycles. The molecule has 1 atom stereocenters. The van der Waals surface area contributed by atoms with E-state index in [4.69, 9.17) is 11.6 Å². The molecular formula is C18H19ClN2O. The number of hydrogen-bond donors (Lipinski definition) is 1. The standard InChI is InChI=1S/C18H19ClN2O/c1-13-10-11-14-6-2-5-9-17(14)21(13)12-18(22)20-16-8-4-3-7-15(16)19/h2-9,13H,10-12H2,1H3,(H,20,22)/t13-/m1/s1. The van der Waals surface area contributed by atoms with Crippen LogP contribution >= 0.6 is 11.6 Å². The van der Waals surface area contributed by atoms with Gasteiger partial charge in [0, 0.05) is 11.7 Å². The number of carbonyl (C=O) groups is 1. The summed E-state index contributed by atoms with van der Waals surface area (Å²) in [6.45, 7) is 2.50. The second-order valence-corrected chi connectivity index (χ2v) is 6.08. The highest BCUT2D eigenvalue weighted by atomic mass is 35.5. The fraction of sp³-hybridized carbons (Fsp3) is 0.278. The van der Waals surface area contributed by atoms with Gasteiger partial charge in [-0.2, -0.15) is 0 Å². The lowest BCUT2D eigenvalue weighted by Crippen LogP contribution is -2.42. The van der Waals surface area contributed by atoms with Gasteiger partial charge in [0.15, 0.2) is 0 Å². The van der Waals surface area contributed by atoms with E-state index in [0.717, 1.165) is 18.5 Å². The van der Waals surface area contributed by atoms with E-state index in [0.29, 0.717) is 23.3 Å². The quantitative estimate of drug-likeness (QED) is 0.924. The number of hydrogen-bond acceptors (Lipinski definition) is 2. The van der Waals surface area contributed by atoms with Gasteiger partial charge in [0.25, 0.3) is 0 Å². The van der Waals surface area contributed by atoms with Crippen LogP contribution in [0.3, 0.4) is 0 Å². The molecule has 0 fully saturated rings. The van der Waals surface area contributed by atoms with Crippen LogP contribution in [0.1, 0.15) is 18.9 Å². The zero-order valence-corrected chi connectivity index (χ0v) is 13.3. The summed E-state index contributed by atoms with van der Waals surface area (Å²) >= 11 is 6.09. The Morgan fingerprint density at radius 1 is 1.23 bits per heavy atom. The van der Waals surface area contributed by atoms with Crippen LogP contribution in [0.5, 0.6) is 0 Å². The Morgan fingerprint density at radius 3 is 2.77 bits per heavy atom. The van der Waals surface area contributed by atoms with Crippen molar-refractivity contribution in [3.63, 3.8) is 0 Å². The lowest BCUT2D eigenvalue weighted by Gasteiger charge is -2.36. The summed E-state index contributed by atoms with van der Waals surface area (Å²) in [5, 5.41) is 3.45. The van der Waals surface area contributed by atoms with Gasteiger partial charge in [-0.25, -0.2) is 0 Å². The molecule has 0 bridgehead atoms. The summed E-state index contributed by atoms with van der Waals surface area (Å²) < 4.78 is 0. The molecule has 0 unspecified atom stereocenters. The first kappa shape index (κ1) is 14.9. The fourth-order valence-corrected chi connectivity index (χ4v) is 3.09. The van der Waals surface area contributed by atoms with Crippen molar-refractivity contribution in [3.8, 4) is 0 Å². The Bertz CT molecular complexity index is 686. The molecule has 0 radical (unpaired) electrons. The van der Waals surface area contributed by atoms with Crippen molar-refractivity contribution in [2.75, 3.05) is 16.8 Å². The number of aryl methyl sites for hydroxylation is 1. The molecule has 2 aromatic carbocycles. The molecule has 3 nitrogen and oxygen atoms in total. The SMILES string of the molecule is C[C@@H]1CCc2ccccc2N1CC(=O)Nc1ccccc1Cl. The predicted octanol–water partition coefficient (Wildman–Crippen LogP) is 4.12. The lowest BCUT2D eigenvalue weighted by molar-refractivity contribution is -0.115. The molecule has 1 N–H and O–H groups in total. The average molecular weight is 315 g/mol. The molecule has 1 amide bonds. The van der Waals surface area contributed by atoms with Crippen molar-refractivity contribution in [2.45, 2.75) is 25.8 Å². The van der Waals surface area contributed by atoms with Crippen LogP contribution in [-0.2, 0) is 11.2 Å².